The number of aromatic carboxylic acids is 1. The zero-order valence-electron chi connectivity index (χ0n) is 10.5. The molecule has 3 rings (SSSR count). The molecule has 0 saturated heterocycles. The number of carbonyl (C=O) groups is 1. The van der Waals surface area contributed by atoms with Crippen molar-refractivity contribution in [1.82, 2.24) is 10.2 Å². The molecule has 19 heavy (non-hydrogen) atoms. The fourth-order valence-electron chi connectivity index (χ4n) is 2.26. The SMILES string of the molecule is CC1CCc2cc(-c3cc(C(=O)O)[nH]n3)ccc2O1. The molecule has 5 heteroatoms. The maximum Gasteiger partial charge on any atom is 0.353 e. The summed E-state index contributed by atoms with van der Waals surface area (Å²) < 4.78 is 5.74. The summed E-state index contributed by atoms with van der Waals surface area (Å²) in [5.74, 6) is -0.0923. The van der Waals surface area contributed by atoms with Gasteiger partial charge in [-0.3, -0.25) is 5.10 Å². The third-order valence-electron chi connectivity index (χ3n) is 3.31. The van der Waals surface area contributed by atoms with E-state index >= 15 is 0 Å². The Hall–Kier alpha value is -2.30. The Labute approximate surface area is 110 Å². The molecule has 98 valence electrons. The van der Waals surface area contributed by atoms with Crippen molar-refractivity contribution in [2.75, 3.05) is 0 Å². The number of nitrogens with zero attached hydrogens (tertiary/aromatic N) is 1. The van der Waals surface area contributed by atoms with Crippen molar-refractivity contribution in [3.8, 4) is 17.0 Å². The monoisotopic (exact) mass is 258 g/mol. The molecule has 1 aromatic heterocycles. The van der Waals surface area contributed by atoms with Gasteiger partial charge in [-0.05, 0) is 49.6 Å². The molecule has 1 atom stereocenters. The minimum Gasteiger partial charge on any atom is -0.490 e. The van der Waals surface area contributed by atoms with Crippen LogP contribution in [0.4, 0.5) is 0 Å². The Balaban J connectivity index is 1.95. The lowest BCUT2D eigenvalue weighted by Crippen LogP contribution is -2.18. The molecule has 0 fully saturated rings. The second-order valence-electron chi connectivity index (χ2n) is 4.76. The number of benzene rings is 1. The normalized spacial score (nSPS) is 17.6. The van der Waals surface area contributed by atoms with Gasteiger partial charge in [0.05, 0.1) is 11.8 Å². The number of carboxylic acid groups (broad SMARTS) is 1. The highest BCUT2D eigenvalue weighted by molar-refractivity contribution is 5.86. The van der Waals surface area contributed by atoms with E-state index in [0.717, 1.165) is 29.7 Å². The van der Waals surface area contributed by atoms with Crippen molar-refractivity contribution < 1.29 is 14.6 Å². The minimum atomic E-state index is -1.01. The lowest BCUT2D eigenvalue weighted by atomic mass is 9.99. The highest BCUT2D eigenvalue weighted by atomic mass is 16.5. The number of H-pyrrole nitrogens is 1. The Morgan fingerprint density at radius 3 is 3.05 bits per heavy atom. The van der Waals surface area contributed by atoms with E-state index in [9.17, 15) is 4.79 Å². The average molecular weight is 258 g/mol. The molecule has 1 aromatic carbocycles. The molecule has 0 saturated carbocycles. The van der Waals surface area contributed by atoms with E-state index in [2.05, 4.69) is 17.1 Å². The number of carboxylic acids is 1. The first-order valence-electron chi connectivity index (χ1n) is 6.22. The van der Waals surface area contributed by atoms with Gasteiger partial charge >= 0.3 is 5.97 Å². The van der Waals surface area contributed by atoms with Crippen LogP contribution >= 0.6 is 0 Å². The first kappa shape index (κ1) is 11.8. The van der Waals surface area contributed by atoms with Gasteiger partial charge in [0.25, 0.3) is 0 Å². The minimum absolute atomic E-state index is 0.0950. The Morgan fingerprint density at radius 1 is 1.47 bits per heavy atom. The largest absolute Gasteiger partial charge is 0.490 e. The van der Waals surface area contributed by atoms with Gasteiger partial charge in [0.15, 0.2) is 0 Å². The molecule has 2 aromatic rings. The van der Waals surface area contributed by atoms with Crippen molar-refractivity contribution in [3.63, 3.8) is 0 Å². The molecule has 5 nitrogen and oxygen atoms in total. The number of hydrogen-bond donors (Lipinski definition) is 2. The van der Waals surface area contributed by atoms with Gasteiger partial charge in [0.1, 0.15) is 11.4 Å². The van der Waals surface area contributed by atoms with Crippen LogP contribution in [0, 0.1) is 0 Å². The van der Waals surface area contributed by atoms with Crippen LogP contribution in [-0.4, -0.2) is 27.4 Å². The molecular weight excluding hydrogens is 244 g/mol. The Kier molecular flexibility index (Phi) is 2.74. The predicted molar refractivity (Wildman–Crippen MR) is 69.4 cm³/mol. The van der Waals surface area contributed by atoms with Crippen molar-refractivity contribution in [1.29, 1.82) is 0 Å². The Morgan fingerprint density at radius 2 is 2.32 bits per heavy atom. The zero-order chi connectivity index (χ0) is 13.4. The quantitative estimate of drug-likeness (QED) is 0.867. The molecule has 0 bridgehead atoms. The number of aryl methyl sites for hydroxylation is 1. The third kappa shape index (κ3) is 2.19. The van der Waals surface area contributed by atoms with Crippen LogP contribution in [0.3, 0.4) is 0 Å². The van der Waals surface area contributed by atoms with Gasteiger partial charge in [0, 0.05) is 5.56 Å². The van der Waals surface area contributed by atoms with E-state index in [4.69, 9.17) is 9.84 Å². The lowest BCUT2D eigenvalue weighted by molar-refractivity contribution is 0.0690. The molecule has 1 aliphatic rings. The van der Waals surface area contributed by atoms with Crippen LogP contribution in [0.25, 0.3) is 11.3 Å². The van der Waals surface area contributed by atoms with Gasteiger partial charge in [-0.1, -0.05) is 0 Å². The topological polar surface area (TPSA) is 75.2 Å². The molecular formula is C14H14N2O3. The van der Waals surface area contributed by atoms with Crippen LogP contribution in [0.2, 0.25) is 0 Å². The van der Waals surface area contributed by atoms with Gasteiger partial charge in [0.2, 0.25) is 0 Å². The van der Waals surface area contributed by atoms with E-state index in [1.54, 1.807) is 0 Å². The molecule has 2 N–H and O–H groups in total. The van der Waals surface area contributed by atoms with E-state index in [0.29, 0.717) is 5.69 Å². The molecule has 1 aliphatic heterocycles. The number of ether oxygens (including phenoxy) is 1. The van der Waals surface area contributed by atoms with Crippen molar-refractivity contribution in [2.45, 2.75) is 25.9 Å². The maximum atomic E-state index is 10.8. The second-order valence-corrected chi connectivity index (χ2v) is 4.76. The van der Waals surface area contributed by atoms with Crippen LogP contribution < -0.4 is 4.74 Å². The predicted octanol–water partition coefficient (Wildman–Crippen LogP) is 2.49. The highest BCUT2D eigenvalue weighted by Crippen LogP contribution is 2.31. The molecule has 2 heterocycles. The summed E-state index contributed by atoms with van der Waals surface area (Å²) in [7, 11) is 0. The van der Waals surface area contributed by atoms with Crippen molar-refractivity contribution in [3.05, 3.63) is 35.5 Å². The molecule has 0 aliphatic carbocycles. The second kappa shape index (κ2) is 4.42. The van der Waals surface area contributed by atoms with Crippen LogP contribution in [0.1, 0.15) is 29.4 Å². The summed E-state index contributed by atoms with van der Waals surface area (Å²) in [4.78, 5) is 10.8. The smallest absolute Gasteiger partial charge is 0.353 e. The van der Waals surface area contributed by atoms with Crippen LogP contribution in [0.5, 0.6) is 5.75 Å². The zero-order valence-corrected chi connectivity index (χ0v) is 10.5. The summed E-state index contributed by atoms with van der Waals surface area (Å²) in [5.41, 5.74) is 2.78. The number of hydrogen-bond acceptors (Lipinski definition) is 3. The first-order valence-corrected chi connectivity index (χ1v) is 6.22. The van der Waals surface area contributed by atoms with E-state index < -0.39 is 5.97 Å². The molecule has 1 unspecified atom stereocenters. The van der Waals surface area contributed by atoms with Gasteiger partial charge in [-0.15, -0.1) is 0 Å². The fourth-order valence-corrected chi connectivity index (χ4v) is 2.26. The first-order chi connectivity index (χ1) is 9.13. The summed E-state index contributed by atoms with van der Waals surface area (Å²) in [6, 6.07) is 7.38. The fraction of sp³-hybridized carbons (Fsp3) is 0.286. The maximum absolute atomic E-state index is 10.8. The van der Waals surface area contributed by atoms with Gasteiger partial charge in [-0.2, -0.15) is 5.10 Å². The van der Waals surface area contributed by atoms with Crippen molar-refractivity contribution in [2.24, 2.45) is 0 Å². The molecule has 0 radical (unpaired) electrons. The summed E-state index contributed by atoms with van der Waals surface area (Å²) in [5, 5.41) is 15.4. The van der Waals surface area contributed by atoms with Crippen LogP contribution in [-0.2, 0) is 6.42 Å². The summed E-state index contributed by atoms with van der Waals surface area (Å²) >= 11 is 0. The Bertz CT molecular complexity index is 633. The highest BCUT2D eigenvalue weighted by Gasteiger charge is 2.17. The molecule has 0 spiro atoms. The number of aromatic amines is 1. The summed E-state index contributed by atoms with van der Waals surface area (Å²) in [6.45, 7) is 2.06. The van der Waals surface area contributed by atoms with Crippen molar-refractivity contribution >= 4 is 5.97 Å². The van der Waals surface area contributed by atoms with E-state index in [1.807, 2.05) is 18.2 Å². The average Bonchev–Trinajstić information content (AvgIpc) is 2.88. The number of aromatic nitrogens is 2. The lowest BCUT2D eigenvalue weighted by Gasteiger charge is -2.23. The van der Waals surface area contributed by atoms with Gasteiger partial charge < -0.3 is 9.84 Å². The standard InChI is InChI=1S/C14H14N2O3/c1-8-2-3-10-6-9(4-5-13(10)19-8)11-7-12(14(17)18)16-15-11/h4-8H,2-3H2,1H3,(H,15,16)(H,17,18). The summed E-state index contributed by atoms with van der Waals surface area (Å²) in [6.07, 6.45) is 2.22. The van der Waals surface area contributed by atoms with E-state index in [-0.39, 0.29) is 11.8 Å². The number of rotatable bonds is 2. The third-order valence-corrected chi connectivity index (χ3v) is 3.31. The van der Waals surface area contributed by atoms with Crippen LogP contribution in [0.15, 0.2) is 24.3 Å². The van der Waals surface area contributed by atoms with Gasteiger partial charge in [-0.25, -0.2) is 4.79 Å². The number of fused-ring (bicyclic) bond motifs is 1. The molecule has 0 amide bonds. The number of nitrogens with one attached hydrogen (secondary N) is 1. The van der Waals surface area contributed by atoms with E-state index in [1.165, 1.54) is 6.07 Å².